The molecule has 1 amide bonds. The number of fused-ring (bicyclic) bond motifs is 1. The van der Waals surface area contributed by atoms with Crippen molar-refractivity contribution >= 4 is 22.9 Å². The largest absolute Gasteiger partial charge is 0.490 e. The van der Waals surface area contributed by atoms with E-state index in [1.165, 1.54) is 23.1 Å². The van der Waals surface area contributed by atoms with E-state index in [1.54, 1.807) is 22.2 Å². The molecule has 122 valence electrons. The zero-order valence-electron chi connectivity index (χ0n) is 12.6. The van der Waals surface area contributed by atoms with Gasteiger partial charge >= 0.3 is 0 Å². The lowest BCUT2D eigenvalue weighted by molar-refractivity contribution is 0.0971. The Labute approximate surface area is 141 Å². The minimum Gasteiger partial charge on any atom is -0.490 e. The molecule has 24 heavy (non-hydrogen) atoms. The van der Waals surface area contributed by atoms with Crippen LogP contribution in [0.25, 0.3) is 0 Å². The van der Waals surface area contributed by atoms with Crippen molar-refractivity contribution in [2.75, 3.05) is 18.1 Å². The first-order valence-electron chi connectivity index (χ1n) is 7.37. The van der Waals surface area contributed by atoms with Crippen LogP contribution in [0.15, 0.2) is 41.9 Å². The fourth-order valence-electron chi connectivity index (χ4n) is 2.58. The Morgan fingerprint density at radius 2 is 2.29 bits per heavy atom. The van der Waals surface area contributed by atoms with E-state index in [9.17, 15) is 9.18 Å². The second-order valence-corrected chi connectivity index (χ2v) is 6.33. The summed E-state index contributed by atoms with van der Waals surface area (Å²) in [6.45, 7) is 1.26. The molecule has 3 aromatic rings. The van der Waals surface area contributed by atoms with Gasteiger partial charge < -0.3 is 4.74 Å². The van der Waals surface area contributed by atoms with Crippen molar-refractivity contribution in [3.05, 3.63) is 58.3 Å². The zero-order valence-corrected chi connectivity index (χ0v) is 13.4. The molecule has 0 atom stereocenters. The summed E-state index contributed by atoms with van der Waals surface area (Å²) in [4.78, 5) is 15.3. The molecule has 6 nitrogen and oxygen atoms in total. The molecule has 2 aromatic heterocycles. The lowest BCUT2D eigenvalue weighted by Crippen LogP contribution is -2.38. The van der Waals surface area contributed by atoms with E-state index in [2.05, 4.69) is 10.3 Å². The molecule has 0 fully saturated rings. The third-order valence-electron chi connectivity index (χ3n) is 3.69. The lowest BCUT2D eigenvalue weighted by Gasteiger charge is -2.28. The Morgan fingerprint density at radius 3 is 3.12 bits per heavy atom. The van der Waals surface area contributed by atoms with Crippen molar-refractivity contribution in [3.8, 4) is 5.75 Å². The Kier molecular flexibility index (Phi) is 3.73. The number of amides is 1. The molecule has 1 aromatic carbocycles. The van der Waals surface area contributed by atoms with E-state index in [4.69, 9.17) is 4.74 Å². The summed E-state index contributed by atoms with van der Waals surface area (Å²) in [5.74, 6) is -0.247. The predicted octanol–water partition coefficient (Wildman–Crippen LogP) is 2.57. The average molecular weight is 344 g/mol. The van der Waals surface area contributed by atoms with Crippen LogP contribution in [-0.2, 0) is 6.54 Å². The molecule has 4 rings (SSSR count). The highest BCUT2D eigenvalue weighted by Crippen LogP contribution is 2.32. The molecular formula is C16H13FN4O2S. The summed E-state index contributed by atoms with van der Waals surface area (Å²) in [5.41, 5.74) is 0.641. The predicted molar refractivity (Wildman–Crippen MR) is 87.0 cm³/mol. The molecule has 0 bridgehead atoms. The Morgan fingerprint density at radius 1 is 1.38 bits per heavy atom. The van der Waals surface area contributed by atoms with E-state index in [0.717, 1.165) is 4.88 Å². The second-order valence-electron chi connectivity index (χ2n) is 5.30. The number of nitrogens with zero attached hydrogens (tertiary/aromatic N) is 4. The Balaban J connectivity index is 1.59. The number of carbonyl (C=O) groups is 1. The molecule has 3 heterocycles. The van der Waals surface area contributed by atoms with Gasteiger partial charge in [-0.2, -0.15) is 0 Å². The third-order valence-corrected chi connectivity index (χ3v) is 4.55. The molecule has 0 N–H and O–H groups in total. The molecule has 0 saturated heterocycles. The summed E-state index contributed by atoms with van der Waals surface area (Å²) in [6, 6.07) is 8.08. The second kappa shape index (κ2) is 6.04. The van der Waals surface area contributed by atoms with Gasteiger partial charge in [-0.05, 0) is 23.6 Å². The highest BCUT2D eigenvalue weighted by atomic mass is 32.1. The molecule has 0 unspecified atom stereocenters. The van der Waals surface area contributed by atoms with E-state index in [-0.39, 0.29) is 11.6 Å². The maximum atomic E-state index is 13.5. The van der Waals surface area contributed by atoms with Crippen LogP contribution in [0.2, 0.25) is 0 Å². The summed E-state index contributed by atoms with van der Waals surface area (Å²) >= 11 is 1.61. The van der Waals surface area contributed by atoms with Crippen LogP contribution in [0.4, 0.5) is 10.1 Å². The van der Waals surface area contributed by atoms with Crippen molar-refractivity contribution in [2.24, 2.45) is 0 Å². The van der Waals surface area contributed by atoms with E-state index < -0.39 is 5.82 Å². The summed E-state index contributed by atoms with van der Waals surface area (Å²) in [7, 11) is 0. The number of anilines is 1. The van der Waals surface area contributed by atoms with Crippen LogP contribution in [0.1, 0.15) is 15.4 Å². The summed E-state index contributed by atoms with van der Waals surface area (Å²) in [5, 5.41) is 9.94. The SMILES string of the molecule is O=C(c1cn(Cc2cccs2)nn1)N1CCOc2ccc(F)cc21. The Bertz CT molecular complexity index is 878. The maximum Gasteiger partial charge on any atom is 0.280 e. The van der Waals surface area contributed by atoms with Gasteiger partial charge in [-0.3, -0.25) is 9.69 Å². The standard InChI is InChI=1S/C16H13FN4O2S/c17-11-3-4-15-14(8-11)21(5-6-23-15)16(22)13-10-20(19-18-13)9-12-2-1-7-24-12/h1-4,7-8,10H,5-6,9H2. The number of hydrogen-bond acceptors (Lipinski definition) is 5. The fraction of sp³-hybridized carbons (Fsp3) is 0.188. The first-order chi connectivity index (χ1) is 11.7. The normalized spacial score (nSPS) is 13.5. The molecule has 0 spiro atoms. The number of carbonyl (C=O) groups excluding carboxylic acids is 1. The smallest absolute Gasteiger partial charge is 0.280 e. The summed E-state index contributed by atoms with van der Waals surface area (Å²) in [6.07, 6.45) is 1.61. The topological polar surface area (TPSA) is 60.2 Å². The quantitative estimate of drug-likeness (QED) is 0.733. The van der Waals surface area contributed by atoms with Crippen molar-refractivity contribution in [1.29, 1.82) is 0 Å². The first-order valence-corrected chi connectivity index (χ1v) is 8.25. The van der Waals surface area contributed by atoms with Crippen LogP contribution in [-0.4, -0.2) is 34.1 Å². The van der Waals surface area contributed by atoms with Gasteiger partial charge in [-0.1, -0.05) is 11.3 Å². The molecule has 0 saturated carbocycles. The number of halogens is 1. The van der Waals surface area contributed by atoms with Gasteiger partial charge in [0.25, 0.3) is 5.91 Å². The number of ether oxygens (including phenoxy) is 1. The zero-order chi connectivity index (χ0) is 16.5. The minimum atomic E-state index is -0.418. The number of benzene rings is 1. The van der Waals surface area contributed by atoms with Crippen LogP contribution >= 0.6 is 11.3 Å². The molecule has 0 radical (unpaired) electrons. The lowest BCUT2D eigenvalue weighted by atomic mass is 10.2. The molecule has 8 heteroatoms. The minimum absolute atomic E-state index is 0.226. The van der Waals surface area contributed by atoms with Crippen molar-refractivity contribution < 1.29 is 13.9 Å². The molecular weight excluding hydrogens is 331 g/mol. The number of rotatable bonds is 3. The maximum absolute atomic E-state index is 13.5. The fourth-order valence-corrected chi connectivity index (χ4v) is 3.27. The first kappa shape index (κ1) is 14.8. The van der Waals surface area contributed by atoms with Crippen LogP contribution in [0.3, 0.4) is 0 Å². The van der Waals surface area contributed by atoms with Crippen LogP contribution < -0.4 is 9.64 Å². The third kappa shape index (κ3) is 2.76. The van der Waals surface area contributed by atoms with Crippen molar-refractivity contribution in [3.63, 3.8) is 0 Å². The van der Waals surface area contributed by atoms with E-state index in [1.807, 2.05) is 17.5 Å². The molecule has 0 aliphatic carbocycles. The van der Waals surface area contributed by atoms with Crippen molar-refractivity contribution in [2.45, 2.75) is 6.54 Å². The molecule has 1 aliphatic rings. The number of thiophene rings is 1. The average Bonchev–Trinajstić information content (AvgIpc) is 3.26. The van der Waals surface area contributed by atoms with Gasteiger partial charge in [-0.15, -0.1) is 16.4 Å². The highest BCUT2D eigenvalue weighted by molar-refractivity contribution is 7.09. The van der Waals surface area contributed by atoms with Gasteiger partial charge in [0.1, 0.15) is 18.2 Å². The van der Waals surface area contributed by atoms with Crippen LogP contribution in [0, 0.1) is 5.82 Å². The van der Waals surface area contributed by atoms with Crippen LogP contribution in [0.5, 0.6) is 5.75 Å². The van der Waals surface area contributed by atoms with E-state index >= 15 is 0 Å². The van der Waals surface area contributed by atoms with Gasteiger partial charge in [0.05, 0.1) is 25.0 Å². The van der Waals surface area contributed by atoms with Gasteiger partial charge in [0, 0.05) is 10.9 Å². The van der Waals surface area contributed by atoms with Gasteiger partial charge in [0.15, 0.2) is 5.69 Å². The molecule has 1 aliphatic heterocycles. The summed E-state index contributed by atoms with van der Waals surface area (Å²) < 4.78 is 20.6. The van der Waals surface area contributed by atoms with Crippen molar-refractivity contribution in [1.82, 2.24) is 15.0 Å². The van der Waals surface area contributed by atoms with E-state index in [0.29, 0.717) is 31.1 Å². The number of hydrogen-bond donors (Lipinski definition) is 0. The monoisotopic (exact) mass is 344 g/mol. The highest BCUT2D eigenvalue weighted by Gasteiger charge is 2.27. The number of aromatic nitrogens is 3. The van der Waals surface area contributed by atoms with Gasteiger partial charge in [-0.25, -0.2) is 9.07 Å². The van der Waals surface area contributed by atoms with Gasteiger partial charge in [0.2, 0.25) is 0 Å². The Hall–Kier alpha value is -2.74.